The monoisotopic (exact) mass is 401 g/mol. The Morgan fingerprint density at radius 3 is 2.40 bits per heavy atom. The number of aromatic nitrogens is 2. The van der Waals surface area contributed by atoms with Crippen molar-refractivity contribution in [1.29, 1.82) is 0 Å². The molecule has 0 saturated carbocycles. The van der Waals surface area contributed by atoms with Gasteiger partial charge in [-0.3, -0.25) is 9.59 Å². The third kappa shape index (κ3) is 4.51. The van der Waals surface area contributed by atoms with Gasteiger partial charge in [0.2, 0.25) is 5.91 Å². The summed E-state index contributed by atoms with van der Waals surface area (Å²) < 4.78 is 1.37. The number of hydrogen-bond acceptors (Lipinski definition) is 3. The number of rotatable bonds is 7. The van der Waals surface area contributed by atoms with E-state index in [9.17, 15) is 9.59 Å². The largest absolute Gasteiger partial charge is 0.336 e. The summed E-state index contributed by atoms with van der Waals surface area (Å²) in [7, 11) is 0. The molecule has 0 N–H and O–H groups in total. The van der Waals surface area contributed by atoms with E-state index in [0.29, 0.717) is 13.1 Å². The van der Waals surface area contributed by atoms with Gasteiger partial charge in [-0.1, -0.05) is 60.7 Å². The number of carbonyl (C=O) groups is 1. The van der Waals surface area contributed by atoms with E-state index in [4.69, 9.17) is 0 Å². The summed E-state index contributed by atoms with van der Waals surface area (Å²) in [4.78, 5) is 27.9. The topological polar surface area (TPSA) is 55.2 Å². The summed E-state index contributed by atoms with van der Waals surface area (Å²) in [6.07, 6.45) is 3.56. The van der Waals surface area contributed by atoms with E-state index in [2.05, 4.69) is 17.2 Å². The second kappa shape index (κ2) is 9.08. The molecule has 0 saturated heterocycles. The predicted molar refractivity (Wildman–Crippen MR) is 117 cm³/mol. The average molecular weight is 402 g/mol. The highest BCUT2D eigenvalue weighted by atomic mass is 16.2. The zero-order valence-corrected chi connectivity index (χ0v) is 17.3. The van der Waals surface area contributed by atoms with Gasteiger partial charge < -0.3 is 4.90 Å². The first-order valence-corrected chi connectivity index (χ1v) is 10.6. The lowest BCUT2D eigenvalue weighted by Gasteiger charge is -2.26. The van der Waals surface area contributed by atoms with Crippen LogP contribution in [0.25, 0.3) is 0 Å². The number of nitrogens with zero attached hydrogens (tertiary/aromatic N) is 3. The van der Waals surface area contributed by atoms with Crippen molar-refractivity contribution < 1.29 is 4.79 Å². The molecule has 0 bridgehead atoms. The van der Waals surface area contributed by atoms with Crippen molar-refractivity contribution in [2.45, 2.75) is 45.2 Å². The van der Waals surface area contributed by atoms with Crippen molar-refractivity contribution in [3.63, 3.8) is 0 Å². The van der Waals surface area contributed by atoms with Gasteiger partial charge in [0, 0.05) is 19.2 Å². The van der Waals surface area contributed by atoms with Crippen molar-refractivity contribution in [1.82, 2.24) is 14.7 Å². The fourth-order valence-electron chi connectivity index (χ4n) is 4.04. The number of fused-ring (bicyclic) bond motifs is 1. The second-order valence-corrected chi connectivity index (χ2v) is 7.91. The molecule has 0 aliphatic heterocycles. The second-order valence-electron chi connectivity index (χ2n) is 7.91. The number of hydrogen-bond donors (Lipinski definition) is 0. The van der Waals surface area contributed by atoms with Crippen LogP contribution in [0.1, 0.15) is 41.8 Å². The third-order valence-corrected chi connectivity index (χ3v) is 5.75. The fraction of sp³-hybridized carbons (Fsp3) is 0.320. The Bertz CT molecular complexity index is 1060. The number of aryl methyl sites for hydroxylation is 2. The molecule has 1 heterocycles. The summed E-state index contributed by atoms with van der Waals surface area (Å²) in [5.74, 6) is -0.0812. The van der Waals surface area contributed by atoms with Crippen LogP contribution >= 0.6 is 0 Å². The first-order chi connectivity index (χ1) is 14.6. The Hall–Kier alpha value is -3.21. The van der Waals surface area contributed by atoms with Crippen molar-refractivity contribution in [3.8, 4) is 0 Å². The predicted octanol–water partition coefficient (Wildman–Crippen LogP) is 3.56. The molecule has 1 aliphatic rings. The minimum absolute atomic E-state index is 0.0812. The molecule has 30 heavy (non-hydrogen) atoms. The molecule has 0 fully saturated rings. The molecule has 0 radical (unpaired) electrons. The van der Waals surface area contributed by atoms with Crippen molar-refractivity contribution in [2.75, 3.05) is 6.54 Å². The van der Waals surface area contributed by atoms with Gasteiger partial charge in [-0.25, -0.2) is 4.68 Å². The van der Waals surface area contributed by atoms with Crippen molar-refractivity contribution in [3.05, 3.63) is 99.5 Å². The normalized spacial score (nSPS) is 13.6. The number of benzene rings is 2. The lowest BCUT2D eigenvalue weighted by Crippen LogP contribution is -2.41. The molecule has 1 unspecified atom stereocenters. The Morgan fingerprint density at radius 1 is 1.03 bits per heavy atom. The Kier molecular flexibility index (Phi) is 6.07. The van der Waals surface area contributed by atoms with E-state index in [-0.39, 0.29) is 11.5 Å². The quantitative estimate of drug-likeness (QED) is 0.608. The van der Waals surface area contributed by atoms with Gasteiger partial charge >= 0.3 is 0 Å². The van der Waals surface area contributed by atoms with E-state index in [1.807, 2.05) is 53.4 Å². The van der Waals surface area contributed by atoms with Gasteiger partial charge in [-0.05, 0) is 49.3 Å². The fourth-order valence-corrected chi connectivity index (χ4v) is 4.04. The highest BCUT2D eigenvalue weighted by Crippen LogP contribution is 2.19. The first-order valence-electron chi connectivity index (χ1n) is 10.6. The highest BCUT2D eigenvalue weighted by molar-refractivity contribution is 5.80. The minimum Gasteiger partial charge on any atom is -0.336 e. The summed E-state index contributed by atoms with van der Waals surface area (Å²) in [5.41, 5.74) is 4.04. The van der Waals surface area contributed by atoms with Crippen LogP contribution in [0.3, 0.4) is 0 Å². The highest BCUT2D eigenvalue weighted by Gasteiger charge is 2.25. The molecule has 1 atom stereocenters. The van der Waals surface area contributed by atoms with Gasteiger partial charge in [-0.2, -0.15) is 5.10 Å². The summed E-state index contributed by atoms with van der Waals surface area (Å²) in [5, 5.41) is 4.54. The van der Waals surface area contributed by atoms with Gasteiger partial charge in [0.15, 0.2) is 0 Å². The van der Waals surface area contributed by atoms with Crippen LogP contribution in [-0.4, -0.2) is 27.1 Å². The van der Waals surface area contributed by atoms with Crippen LogP contribution < -0.4 is 5.56 Å². The van der Waals surface area contributed by atoms with Gasteiger partial charge in [0.1, 0.15) is 6.04 Å². The Labute approximate surface area is 177 Å². The zero-order chi connectivity index (χ0) is 20.9. The van der Waals surface area contributed by atoms with Crippen molar-refractivity contribution >= 4 is 5.91 Å². The number of carbonyl (C=O) groups excluding carboxylic acids is 1. The van der Waals surface area contributed by atoms with E-state index in [1.54, 1.807) is 13.0 Å². The molecule has 2 aromatic carbocycles. The third-order valence-electron chi connectivity index (χ3n) is 5.75. The molecular formula is C25H27N3O2. The summed E-state index contributed by atoms with van der Waals surface area (Å²) in [6, 6.07) is 21.1. The van der Waals surface area contributed by atoms with Crippen LogP contribution in [0.4, 0.5) is 0 Å². The SMILES string of the molecule is CC(C(=O)N(CCc1ccccc1)Cc1ccccc1)n1nc2c(cc1=O)CCC2. The molecule has 0 spiro atoms. The lowest BCUT2D eigenvalue weighted by atomic mass is 10.1. The summed E-state index contributed by atoms with van der Waals surface area (Å²) >= 11 is 0. The zero-order valence-electron chi connectivity index (χ0n) is 17.3. The molecule has 1 aliphatic carbocycles. The molecule has 1 amide bonds. The Morgan fingerprint density at radius 2 is 1.70 bits per heavy atom. The molecule has 5 heteroatoms. The van der Waals surface area contributed by atoms with Gasteiger partial charge in [-0.15, -0.1) is 0 Å². The smallest absolute Gasteiger partial charge is 0.267 e. The first kappa shape index (κ1) is 20.1. The Balaban J connectivity index is 1.57. The van der Waals surface area contributed by atoms with Crippen LogP contribution in [0, 0.1) is 0 Å². The van der Waals surface area contributed by atoms with Crippen LogP contribution in [0.5, 0.6) is 0 Å². The molecule has 1 aromatic heterocycles. The molecule has 5 nitrogen and oxygen atoms in total. The standard InChI is InChI=1S/C25H27N3O2/c1-19(28-24(29)17-22-13-8-14-23(22)26-28)25(30)27(18-21-11-6-3-7-12-21)16-15-20-9-4-2-5-10-20/h2-7,9-12,17,19H,8,13-16,18H2,1H3. The lowest BCUT2D eigenvalue weighted by molar-refractivity contribution is -0.135. The maximum Gasteiger partial charge on any atom is 0.267 e. The maximum atomic E-state index is 13.4. The van der Waals surface area contributed by atoms with E-state index < -0.39 is 6.04 Å². The number of amides is 1. The molecule has 4 rings (SSSR count). The van der Waals surface area contributed by atoms with Crippen molar-refractivity contribution in [2.24, 2.45) is 0 Å². The molecular weight excluding hydrogens is 374 g/mol. The van der Waals surface area contributed by atoms with Gasteiger partial charge in [0.25, 0.3) is 5.56 Å². The molecule has 154 valence electrons. The van der Waals surface area contributed by atoms with Crippen LogP contribution in [0.15, 0.2) is 71.5 Å². The van der Waals surface area contributed by atoms with Crippen LogP contribution in [0.2, 0.25) is 0 Å². The van der Waals surface area contributed by atoms with Gasteiger partial charge in [0.05, 0.1) is 5.69 Å². The van der Waals surface area contributed by atoms with E-state index in [0.717, 1.165) is 42.5 Å². The average Bonchev–Trinajstić information content (AvgIpc) is 3.23. The van der Waals surface area contributed by atoms with E-state index in [1.165, 1.54) is 10.2 Å². The van der Waals surface area contributed by atoms with E-state index >= 15 is 0 Å². The summed E-state index contributed by atoms with van der Waals surface area (Å²) in [6.45, 7) is 2.87. The van der Waals surface area contributed by atoms with Crippen LogP contribution in [-0.2, 0) is 30.6 Å². The molecule has 3 aromatic rings. The maximum absolute atomic E-state index is 13.4. The minimum atomic E-state index is -0.636.